The SMILES string of the molecule is Cc1c(-c2ccc(O[C@H]3C[C@H]4CCC[C@@H](C3)N4C(=O)C3CC3)cc2)ccc2cccnc12. The molecule has 2 bridgehead atoms. The molecule has 1 aromatic heterocycles. The Balaban J connectivity index is 1.17. The first-order valence-corrected chi connectivity index (χ1v) is 12.1. The molecule has 0 N–H and O–H groups in total. The lowest BCUT2D eigenvalue weighted by atomic mass is 9.82. The molecule has 3 aromatic rings. The van der Waals surface area contributed by atoms with Gasteiger partial charge in [-0.1, -0.05) is 30.3 Å². The van der Waals surface area contributed by atoms with Crippen molar-refractivity contribution >= 4 is 16.8 Å². The first-order chi connectivity index (χ1) is 15.7. The molecule has 4 nitrogen and oxygen atoms in total. The van der Waals surface area contributed by atoms with Crippen molar-refractivity contribution in [1.82, 2.24) is 9.88 Å². The highest BCUT2D eigenvalue weighted by atomic mass is 16.5. The Hall–Kier alpha value is -2.88. The van der Waals surface area contributed by atoms with E-state index in [9.17, 15) is 4.79 Å². The van der Waals surface area contributed by atoms with E-state index in [0.29, 0.717) is 23.9 Å². The van der Waals surface area contributed by atoms with Crippen LogP contribution in [0.5, 0.6) is 5.75 Å². The van der Waals surface area contributed by atoms with Crippen molar-refractivity contribution in [2.45, 2.75) is 70.1 Å². The molecule has 32 heavy (non-hydrogen) atoms. The predicted octanol–water partition coefficient (Wildman–Crippen LogP) is 5.91. The molecule has 1 aliphatic carbocycles. The highest BCUT2D eigenvalue weighted by Crippen LogP contribution is 2.41. The van der Waals surface area contributed by atoms with Gasteiger partial charge in [-0.15, -0.1) is 0 Å². The highest BCUT2D eigenvalue weighted by molar-refractivity contribution is 5.88. The summed E-state index contributed by atoms with van der Waals surface area (Å²) in [6, 6.07) is 17.6. The van der Waals surface area contributed by atoms with Crippen LogP contribution in [0.3, 0.4) is 0 Å². The zero-order chi connectivity index (χ0) is 21.7. The first-order valence-electron chi connectivity index (χ1n) is 12.1. The molecule has 3 heterocycles. The van der Waals surface area contributed by atoms with Crippen LogP contribution in [0.4, 0.5) is 0 Å². The Bertz CT molecular complexity index is 1140. The minimum Gasteiger partial charge on any atom is -0.490 e. The molecule has 1 saturated carbocycles. The summed E-state index contributed by atoms with van der Waals surface area (Å²) in [6.45, 7) is 2.14. The van der Waals surface area contributed by atoms with Crippen molar-refractivity contribution in [1.29, 1.82) is 0 Å². The number of carbonyl (C=O) groups excluding carboxylic acids is 1. The van der Waals surface area contributed by atoms with E-state index < -0.39 is 0 Å². The smallest absolute Gasteiger partial charge is 0.226 e. The number of nitrogens with zero attached hydrogens (tertiary/aromatic N) is 2. The van der Waals surface area contributed by atoms with Gasteiger partial charge < -0.3 is 9.64 Å². The van der Waals surface area contributed by atoms with E-state index in [1.54, 1.807) is 0 Å². The zero-order valence-corrected chi connectivity index (χ0v) is 18.7. The third-order valence-electron chi connectivity index (χ3n) is 7.61. The van der Waals surface area contributed by atoms with E-state index in [2.05, 4.69) is 59.3 Å². The fourth-order valence-corrected chi connectivity index (χ4v) is 5.84. The largest absolute Gasteiger partial charge is 0.490 e. The van der Waals surface area contributed by atoms with Gasteiger partial charge in [-0.25, -0.2) is 0 Å². The number of aromatic nitrogens is 1. The summed E-state index contributed by atoms with van der Waals surface area (Å²) < 4.78 is 6.44. The number of fused-ring (bicyclic) bond motifs is 3. The molecule has 2 aliphatic heterocycles. The molecule has 3 fully saturated rings. The lowest BCUT2D eigenvalue weighted by molar-refractivity contribution is -0.144. The molecule has 3 aliphatic rings. The van der Waals surface area contributed by atoms with E-state index in [1.165, 1.54) is 28.5 Å². The average molecular weight is 427 g/mol. The molecule has 0 radical (unpaired) electrons. The molecular weight excluding hydrogens is 396 g/mol. The van der Waals surface area contributed by atoms with E-state index in [4.69, 9.17) is 4.74 Å². The van der Waals surface area contributed by atoms with Crippen LogP contribution in [0.2, 0.25) is 0 Å². The number of piperidine rings is 2. The van der Waals surface area contributed by atoms with E-state index in [-0.39, 0.29) is 6.10 Å². The lowest BCUT2D eigenvalue weighted by Gasteiger charge is -2.48. The maximum Gasteiger partial charge on any atom is 0.226 e. The Kier molecular flexibility index (Phi) is 4.89. The topological polar surface area (TPSA) is 42.4 Å². The van der Waals surface area contributed by atoms with Crippen molar-refractivity contribution in [2.24, 2.45) is 5.92 Å². The fourth-order valence-electron chi connectivity index (χ4n) is 5.84. The monoisotopic (exact) mass is 426 g/mol. The summed E-state index contributed by atoms with van der Waals surface area (Å²) in [6.07, 6.45) is 9.66. The molecule has 0 spiro atoms. The van der Waals surface area contributed by atoms with Crippen LogP contribution >= 0.6 is 0 Å². The van der Waals surface area contributed by atoms with Gasteiger partial charge >= 0.3 is 0 Å². The quantitative estimate of drug-likeness (QED) is 0.521. The van der Waals surface area contributed by atoms with Gasteiger partial charge in [0.1, 0.15) is 11.9 Å². The van der Waals surface area contributed by atoms with Crippen molar-refractivity contribution in [2.75, 3.05) is 0 Å². The van der Waals surface area contributed by atoms with Crippen LogP contribution in [0.15, 0.2) is 54.7 Å². The molecule has 4 heteroatoms. The molecular formula is C28H30N2O2. The number of hydrogen-bond acceptors (Lipinski definition) is 3. The summed E-state index contributed by atoms with van der Waals surface area (Å²) in [4.78, 5) is 19.6. The number of benzene rings is 2. The standard InChI is InChI=1S/C28H30N2O2/c1-18-26(14-11-20-4-3-15-29-27(18)20)19-9-12-24(13-10-19)32-25-16-22-5-2-6-23(17-25)30(22)28(31)21-7-8-21/h3-4,9-15,21-23,25H,2,5-8,16-17H2,1H3/t22-,23+,25+. The summed E-state index contributed by atoms with van der Waals surface area (Å²) in [5.74, 6) is 1.66. The fraction of sp³-hybridized carbons (Fsp3) is 0.429. The molecule has 3 atom stereocenters. The van der Waals surface area contributed by atoms with Gasteiger partial charge in [0.2, 0.25) is 5.91 Å². The second-order valence-electron chi connectivity index (χ2n) is 9.81. The average Bonchev–Trinajstić information content (AvgIpc) is 3.65. The summed E-state index contributed by atoms with van der Waals surface area (Å²) in [5, 5.41) is 1.17. The van der Waals surface area contributed by atoms with Crippen LogP contribution in [-0.4, -0.2) is 34.0 Å². The number of ether oxygens (including phenoxy) is 1. The number of hydrogen-bond donors (Lipinski definition) is 0. The van der Waals surface area contributed by atoms with Crippen LogP contribution in [0, 0.1) is 12.8 Å². The van der Waals surface area contributed by atoms with Crippen LogP contribution in [0.25, 0.3) is 22.0 Å². The number of aryl methyl sites for hydroxylation is 1. The second kappa shape index (κ2) is 7.91. The van der Waals surface area contributed by atoms with Crippen molar-refractivity contribution in [3.05, 3.63) is 60.3 Å². The van der Waals surface area contributed by atoms with Gasteiger partial charge in [-0.2, -0.15) is 0 Å². The Labute approximate surface area is 189 Å². The molecule has 1 amide bonds. The summed E-state index contributed by atoms with van der Waals surface area (Å²) in [5.41, 5.74) is 4.66. The van der Waals surface area contributed by atoms with Crippen molar-refractivity contribution in [3.8, 4) is 16.9 Å². The first kappa shape index (κ1) is 19.8. The third kappa shape index (κ3) is 3.56. The van der Waals surface area contributed by atoms with E-state index >= 15 is 0 Å². The van der Waals surface area contributed by atoms with Crippen LogP contribution in [0.1, 0.15) is 50.5 Å². The highest BCUT2D eigenvalue weighted by Gasteiger charge is 2.45. The van der Waals surface area contributed by atoms with Gasteiger partial charge in [-0.05, 0) is 73.9 Å². The van der Waals surface area contributed by atoms with Crippen molar-refractivity contribution in [3.63, 3.8) is 0 Å². The normalized spacial score (nSPS) is 25.0. The maximum absolute atomic E-state index is 12.8. The Morgan fingerprint density at radius 3 is 2.44 bits per heavy atom. The van der Waals surface area contributed by atoms with Gasteiger partial charge in [0, 0.05) is 42.4 Å². The van der Waals surface area contributed by atoms with Crippen LogP contribution < -0.4 is 4.74 Å². The van der Waals surface area contributed by atoms with Gasteiger partial charge in [0.15, 0.2) is 0 Å². The predicted molar refractivity (Wildman–Crippen MR) is 127 cm³/mol. The Morgan fingerprint density at radius 2 is 1.72 bits per heavy atom. The molecule has 2 aromatic carbocycles. The minimum atomic E-state index is 0.200. The van der Waals surface area contributed by atoms with Gasteiger partial charge in [0.05, 0.1) is 5.52 Å². The number of pyridine rings is 1. The van der Waals surface area contributed by atoms with Crippen molar-refractivity contribution < 1.29 is 9.53 Å². The van der Waals surface area contributed by atoms with Crippen LogP contribution in [-0.2, 0) is 4.79 Å². The number of carbonyl (C=O) groups is 1. The van der Waals surface area contributed by atoms with E-state index in [1.807, 2.05) is 12.3 Å². The minimum absolute atomic E-state index is 0.200. The third-order valence-corrected chi connectivity index (χ3v) is 7.61. The molecule has 2 saturated heterocycles. The lowest BCUT2D eigenvalue weighted by Crippen LogP contribution is -2.57. The summed E-state index contributed by atoms with van der Waals surface area (Å²) in [7, 11) is 0. The van der Waals surface area contributed by atoms with Gasteiger partial charge in [0.25, 0.3) is 0 Å². The number of rotatable bonds is 4. The summed E-state index contributed by atoms with van der Waals surface area (Å²) >= 11 is 0. The Morgan fingerprint density at radius 1 is 0.969 bits per heavy atom. The molecule has 0 unspecified atom stereocenters. The van der Waals surface area contributed by atoms with Gasteiger partial charge in [-0.3, -0.25) is 9.78 Å². The molecule has 6 rings (SSSR count). The second-order valence-corrected chi connectivity index (χ2v) is 9.81. The van der Waals surface area contributed by atoms with E-state index in [0.717, 1.165) is 49.8 Å². The maximum atomic E-state index is 12.8. The molecule has 164 valence electrons. The zero-order valence-electron chi connectivity index (χ0n) is 18.7. The number of amides is 1.